The van der Waals surface area contributed by atoms with E-state index in [4.69, 9.17) is 5.73 Å². The Kier molecular flexibility index (Phi) is 3.36. The van der Waals surface area contributed by atoms with Gasteiger partial charge in [-0.2, -0.15) is 15.1 Å². The summed E-state index contributed by atoms with van der Waals surface area (Å²) in [5.41, 5.74) is 6.23. The zero-order valence-corrected chi connectivity index (χ0v) is 11.0. The number of anilines is 2. The molecule has 5 N–H and O–H groups in total. The summed E-state index contributed by atoms with van der Waals surface area (Å²) in [5.74, 6) is 0.949. The van der Waals surface area contributed by atoms with Gasteiger partial charge in [0.05, 0.1) is 11.6 Å². The van der Waals surface area contributed by atoms with Crippen LogP contribution in [-0.2, 0) is 4.79 Å². The van der Waals surface area contributed by atoms with Crippen molar-refractivity contribution in [2.24, 2.45) is 0 Å². The molecule has 2 aromatic rings. The summed E-state index contributed by atoms with van der Waals surface area (Å²) in [6, 6.07) is 0.419. The van der Waals surface area contributed by atoms with Crippen LogP contribution in [0.15, 0.2) is 6.20 Å². The zero-order valence-electron chi connectivity index (χ0n) is 11.0. The summed E-state index contributed by atoms with van der Waals surface area (Å²) in [6.07, 6.45) is 5.13. The Labute approximate surface area is 115 Å². The van der Waals surface area contributed by atoms with E-state index >= 15 is 0 Å². The molecule has 0 atom stereocenters. The molecule has 1 fully saturated rings. The second kappa shape index (κ2) is 5.32. The van der Waals surface area contributed by atoms with Gasteiger partial charge in [0.1, 0.15) is 5.82 Å². The predicted molar refractivity (Wildman–Crippen MR) is 75.0 cm³/mol. The van der Waals surface area contributed by atoms with E-state index in [0.717, 1.165) is 24.6 Å². The first-order chi connectivity index (χ1) is 9.72. The molecular weight excluding hydrogens is 258 g/mol. The highest BCUT2D eigenvalue weighted by atomic mass is 16.1. The van der Waals surface area contributed by atoms with E-state index in [1.807, 2.05) is 0 Å². The Morgan fingerprint density at radius 2 is 2.30 bits per heavy atom. The average molecular weight is 275 g/mol. The third-order valence-corrected chi connectivity index (χ3v) is 3.14. The van der Waals surface area contributed by atoms with E-state index < -0.39 is 0 Å². The lowest BCUT2D eigenvalue weighted by Gasteiger charge is -2.07. The van der Waals surface area contributed by atoms with Gasteiger partial charge in [-0.3, -0.25) is 9.89 Å². The van der Waals surface area contributed by atoms with Crippen molar-refractivity contribution >= 4 is 28.7 Å². The van der Waals surface area contributed by atoms with E-state index in [2.05, 4.69) is 30.8 Å². The number of carbonyl (C=O) groups is 1. The van der Waals surface area contributed by atoms with Gasteiger partial charge in [0, 0.05) is 19.0 Å². The molecule has 0 unspecified atom stereocenters. The molecule has 1 aliphatic rings. The standard InChI is InChI=1S/C12H17N7O/c13-12-17-10(8-6-15-19-11(8)18-12)14-5-1-2-9(20)16-7-3-4-7/h6-7H,1-5H2,(H,16,20)(H4,13,14,15,17,18,19). The minimum atomic E-state index is 0.116. The highest BCUT2D eigenvalue weighted by Gasteiger charge is 2.22. The number of amides is 1. The molecule has 8 heteroatoms. The first-order valence-corrected chi connectivity index (χ1v) is 6.72. The maximum absolute atomic E-state index is 11.5. The quantitative estimate of drug-likeness (QED) is 0.566. The monoisotopic (exact) mass is 275 g/mol. The molecule has 1 amide bonds. The Morgan fingerprint density at radius 3 is 3.10 bits per heavy atom. The minimum absolute atomic E-state index is 0.116. The third-order valence-electron chi connectivity index (χ3n) is 3.14. The predicted octanol–water partition coefficient (Wildman–Crippen LogP) is 0.406. The van der Waals surface area contributed by atoms with Gasteiger partial charge in [0.2, 0.25) is 11.9 Å². The Balaban J connectivity index is 1.51. The molecule has 0 aromatic carbocycles. The molecule has 0 saturated heterocycles. The van der Waals surface area contributed by atoms with Crippen LogP contribution in [0.1, 0.15) is 25.7 Å². The van der Waals surface area contributed by atoms with Gasteiger partial charge in [0.25, 0.3) is 0 Å². The zero-order chi connectivity index (χ0) is 13.9. The van der Waals surface area contributed by atoms with Crippen molar-refractivity contribution in [2.45, 2.75) is 31.7 Å². The molecular formula is C12H17N7O. The Hall–Kier alpha value is -2.38. The van der Waals surface area contributed by atoms with Crippen molar-refractivity contribution in [3.05, 3.63) is 6.20 Å². The lowest BCUT2D eigenvalue weighted by atomic mass is 10.3. The molecule has 0 radical (unpaired) electrons. The van der Waals surface area contributed by atoms with Crippen LogP contribution in [0.4, 0.5) is 11.8 Å². The van der Waals surface area contributed by atoms with Gasteiger partial charge in [0.15, 0.2) is 5.65 Å². The summed E-state index contributed by atoms with van der Waals surface area (Å²) in [4.78, 5) is 19.7. The molecule has 0 spiro atoms. The molecule has 3 rings (SSSR count). The molecule has 0 bridgehead atoms. The maximum Gasteiger partial charge on any atom is 0.224 e. The molecule has 0 aliphatic heterocycles. The number of carbonyl (C=O) groups excluding carboxylic acids is 1. The van der Waals surface area contributed by atoms with Crippen LogP contribution in [0, 0.1) is 0 Å². The smallest absolute Gasteiger partial charge is 0.224 e. The summed E-state index contributed by atoms with van der Waals surface area (Å²) in [6.45, 7) is 0.648. The number of hydrogen-bond donors (Lipinski definition) is 4. The van der Waals surface area contributed by atoms with Crippen molar-refractivity contribution in [2.75, 3.05) is 17.6 Å². The van der Waals surface area contributed by atoms with Crippen LogP contribution in [0.5, 0.6) is 0 Å². The van der Waals surface area contributed by atoms with Crippen LogP contribution in [-0.4, -0.2) is 38.7 Å². The SMILES string of the molecule is Nc1nc(NCCCC(=O)NC2CC2)c2cn[nH]c2n1. The van der Waals surface area contributed by atoms with Crippen LogP contribution < -0.4 is 16.4 Å². The highest BCUT2D eigenvalue weighted by molar-refractivity contribution is 5.86. The lowest BCUT2D eigenvalue weighted by Crippen LogP contribution is -2.25. The number of fused-ring (bicyclic) bond motifs is 1. The van der Waals surface area contributed by atoms with Gasteiger partial charge in [-0.1, -0.05) is 0 Å². The largest absolute Gasteiger partial charge is 0.369 e. The number of H-pyrrole nitrogens is 1. The lowest BCUT2D eigenvalue weighted by molar-refractivity contribution is -0.121. The fraction of sp³-hybridized carbons (Fsp3) is 0.500. The van der Waals surface area contributed by atoms with Crippen molar-refractivity contribution in [3.63, 3.8) is 0 Å². The first kappa shape index (κ1) is 12.6. The summed E-state index contributed by atoms with van der Waals surface area (Å²) in [5, 5.41) is 13.6. The van der Waals surface area contributed by atoms with Crippen molar-refractivity contribution in [1.29, 1.82) is 0 Å². The second-order valence-corrected chi connectivity index (χ2v) is 4.93. The topological polar surface area (TPSA) is 122 Å². The summed E-state index contributed by atoms with van der Waals surface area (Å²) < 4.78 is 0. The van der Waals surface area contributed by atoms with Gasteiger partial charge >= 0.3 is 0 Å². The van der Waals surface area contributed by atoms with Gasteiger partial charge in [-0.05, 0) is 19.3 Å². The van der Waals surface area contributed by atoms with Gasteiger partial charge < -0.3 is 16.4 Å². The highest BCUT2D eigenvalue weighted by Crippen LogP contribution is 2.19. The van der Waals surface area contributed by atoms with Crippen LogP contribution in [0.3, 0.4) is 0 Å². The van der Waals surface area contributed by atoms with Crippen molar-refractivity contribution < 1.29 is 4.79 Å². The Bertz CT molecular complexity index is 619. The van der Waals surface area contributed by atoms with Crippen LogP contribution in [0.25, 0.3) is 11.0 Å². The van der Waals surface area contributed by atoms with E-state index in [0.29, 0.717) is 30.5 Å². The minimum Gasteiger partial charge on any atom is -0.369 e. The fourth-order valence-electron chi connectivity index (χ4n) is 1.97. The third kappa shape index (κ3) is 2.95. The summed E-state index contributed by atoms with van der Waals surface area (Å²) in [7, 11) is 0. The summed E-state index contributed by atoms with van der Waals surface area (Å²) >= 11 is 0. The Morgan fingerprint density at radius 1 is 1.45 bits per heavy atom. The molecule has 2 heterocycles. The number of rotatable bonds is 6. The number of nitrogens with two attached hydrogens (primary N) is 1. The first-order valence-electron chi connectivity index (χ1n) is 6.72. The van der Waals surface area contributed by atoms with Gasteiger partial charge in [-0.25, -0.2) is 0 Å². The maximum atomic E-state index is 11.5. The van der Waals surface area contributed by atoms with E-state index in [-0.39, 0.29) is 11.9 Å². The molecule has 2 aromatic heterocycles. The number of nitrogens with one attached hydrogen (secondary N) is 3. The normalized spacial score (nSPS) is 14.4. The fourth-order valence-corrected chi connectivity index (χ4v) is 1.97. The van der Waals surface area contributed by atoms with Crippen molar-refractivity contribution in [3.8, 4) is 0 Å². The van der Waals surface area contributed by atoms with Crippen LogP contribution in [0.2, 0.25) is 0 Å². The number of nitrogen functional groups attached to an aromatic ring is 1. The molecule has 8 nitrogen and oxygen atoms in total. The molecule has 20 heavy (non-hydrogen) atoms. The van der Waals surface area contributed by atoms with Crippen LogP contribution >= 0.6 is 0 Å². The number of nitrogens with zero attached hydrogens (tertiary/aromatic N) is 3. The number of hydrogen-bond acceptors (Lipinski definition) is 6. The molecule has 106 valence electrons. The van der Waals surface area contributed by atoms with E-state index in [1.54, 1.807) is 6.20 Å². The number of aromatic nitrogens is 4. The van der Waals surface area contributed by atoms with Gasteiger partial charge in [-0.15, -0.1) is 0 Å². The van der Waals surface area contributed by atoms with Crippen molar-refractivity contribution in [1.82, 2.24) is 25.5 Å². The average Bonchev–Trinajstić information content (AvgIpc) is 3.09. The second-order valence-electron chi connectivity index (χ2n) is 4.93. The van der Waals surface area contributed by atoms with E-state index in [1.165, 1.54) is 0 Å². The van der Waals surface area contributed by atoms with E-state index in [9.17, 15) is 4.79 Å². The number of aromatic amines is 1. The molecule has 1 saturated carbocycles. The molecule has 1 aliphatic carbocycles.